The van der Waals surface area contributed by atoms with Gasteiger partial charge in [-0.1, -0.05) is 35.4 Å². The van der Waals surface area contributed by atoms with E-state index in [1.807, 2.05) is 36.1 Å². The molecule has 1 amide bonds. The highest BCUT2D eigenvalue weighted by Crippen LogP contribution is 2.20. The number of fused-ring (bicyclic) bond motifs is 1. The van der Waals surface area contributed by atoms with Crippen molar-refractivity contribution in [2.24, 2.45) is 0 Å². The molecule has 0 unspecified atom stereocenters. The van der Waals surface area contributed by atoms with Crippen LogP contribution in [0.25, 0.3) is 10.9 Å². The van der Waals surface area contributed by atoms with Crippen LogP contribution < -0.4 is 0 Å². The molecule has 29 heavy (non-hydrogen) atoms. The van der Waals surface area contributed by atoms with Gasteiger partial charge in [-0.15, -0.1) is 0 Å². The molecule has 1 aliphatic heterocycles. The highest BCUT2D eigenvalue weighted by atomic mass is 35.5. The number of hydrogen-bond acceptors (Lipinski definition) is 3. The number of halogens is 1. The summed E-state index contributed by atoms with van der Waals surface area (Å²) in [4.78, 5) is 22.3. The predicted molar refractivity (Wildman–Crippen MR) is 118 cm³/mol. The van der Waals surface area contributed by atoms with E-state index >= 15 is 0 Å². The number of benzene rings is 2. The Bertz CT molecular complexity index is 1030. The summed E-state index contributed by atoms with van der Waals surface area (Å²) in [5, 5.41) is 1.79. The van der Waals surface area contributed by atoms with Crippen LogP contribution in [0.3, 0.4) is 0 Å². The van der Waals surface area contributed by atoms with Crippen LogP contribution in [0.5, 0.6) is 0 Å². The van der Waals surface area contributed by atoms with Crippen molar-refractivity contribution in [3.8, 4) is 0 Å². The van der Waals surface area contributed by atoms with E-state index in [0.29, 0.717) is 5.56 Å². The van der Waals surface area contributed by atoms with Gasteiger partial charge in [0.2, 0.25) is 0 Å². The van der Waals surface area contributed by atoms with Gasteiger partial charge in [0.05, 0.1) is 16.8 Å². The molecule has 5 heteroatoms. The number of aromatic nitrogens is 1. The van der Waals surface area contributed by atoms with E-state index in [1.54, 1.807) is 0 Å². The summed E-state index contributed by atoms with van der Waals surface area (Å²) in [6, 6.07) is 16.2. The number of rotatable bonds is 3. The zero-order valence-corrected chi connectivity index (χ0v) is 17.7. The van der Waals surface area contributed by atoms with Crippen LogP contribution in [0.1, 0.15) is 33.6 Å². The highest BCUT2D eigenvalue weighted by molar-refractivity contribution is 6.30. The molecule has 2 aromatic carbocycles. The number of aryl methyl sites for hydroxylation is 2. The molecule has 1 saturated heterocycles. The van der Waals surface area contributed by atoms with Gasteiger partial charge in [-0.25, -0.2) is 0 Å². The molecule has 4 rings (SSSR count). The average Bonchev–Trinajstić information content (AvgIpc) is 2.94. The molecular weight excluding hydrogens is 382 g/mol. The highest BCUT2D eigenvalue weighted by Gasteiger charge is 2.22. The van der Waals surface area contributed by atoms with Crippen molar-refractivity contribution in [1.82, 2.24) is 14.8 Å². The maximum Gasteiger partial charge on any atom is 0.255 e. The molecular formula is C24H26ClN3O. The zero-order chi connectivity index (χ0) is 20.4. The molecule has 150 valence electrons. The third kappa shape index (κ3) is 4.60. The Morgan fingerprint density at radius 2 is 1.79 bits per heavy atom. The number of amides is 1. The van der Waals surface area contributed by atoms with Crippen LogP contribution in [0.2, 0.25) is 5.02 Å². The summed E-state index contributed by atoms with van der Waals surface area (Å²) >= 11 is 5.99. The minimum Gasteiger partial charge on any atom is -0.337 e. The SMILES string of the molecule is Cc1ccc2nc(C)c(C(=O)N3CCCN(Cc4ccc(Cl)cc4)CC3)cc2c1. The lowest BCUT2D eigenvalue weighted by Crippen LogP contribution is -2.35. The topological polar surface area (TPSA) is 36.4 Å². The fraction of sp³-hybridized carbons (Fsp3) is 0.333. The van der Waals surface area contributed by atoms with Crippen molar-refractivity contribution < 1.29 is 4.79 Å². The first-order valence-corrected chi connectivity index (χ1v) is 10.5. The molecule has 4 nitrogen and oxygen atoms in total. The first-order chi connectivity index (χ1) is 14.0. The summed E-state index contributed by atoms with van der Waals surface area (Å²) in [5.74, 6) is 0.0896. The largest absolute Gasteiger partial charge is 0.337 e. The van der Waals surface area contributed by atoms with Crippen molar-refractivity contribution in [2.45, 2.75) is 26.8 Å². The third-order valence-corrected chi connectivity index (χ3v) is 5.84. The number of carbonyl (C=O) groups is 1. The Kier molecular flexibility index (Phi) is 5.84. The average molecular weight is 408 g/mol. The Morgan fingerprint density at radius 1 is 1.00 bits per heavy atom. The lowest BCUT2D eigenvalue weighted by Gasteiger charge is -2.23. The molecule has 0 saturated carbocycles. The Balaban J connectivity index is 1.47. The third-order valence-electron chi connectivity index (χ3n) is 5.59. The number of pyridine rings is 1. The molecule has 0 spiro atoms. The van der Waals surface area contributed by atoms with Gasteiger partial charge in [0, 0.05) is 43.1 Å². The first kappa shape index (κ1) is 19.9. The monoisotopic (exact) mass is 407 g/mol. The summed E-state index contributed by atoms with van der Waals surface area (Å²) in [5.41, 5.74) is 4.88. The molecule has 0 N–H and O–H groups in total. The van der Waals surface area contributed by atoms with E-state index < -0.39 is 0 Å². The standard InChI is InChI=1S/C24H26ClN3O/c1-17-4-9-23-20(14-17)15-22(18(2)26-23)24(29)28-11-3-10-27(12-13-28)16-19-5-7-21(25)8-6-19/h4-9,14-15H,3,10-13,16H2,1-2H3. The quantitative estimate of drug-likeness (QED) is 0.622. The minimum atomic E-state index is 0.0896. The number of nitrogens with zero attached hydrogens (tertiary/aromatic N) is 3. The minimum absolute atomic E-state index is 0.0896. The van der Waals surface area contributed by atoms with Gasteiger partial charge in [0.25, 0.3) is 5.91 Å². The molecule has 0 aliphatic carbocycles. The van der Waals surface area contributed by atoms with Gasteiger partial charge in [0.15, 0.2) is 0 Å². The van der Waals surface area contributed by atoms with Gasteiger partial charge in [0.1, 0.15) is 0 Å². The Morgan fingerprint density at radius 3 is 2.59 bits per heavy atom. The second kappa shape index (κ2) is 8.52. The van der Waals surface area contributed by atoms with E-state index in [0.717, 1.165) is 60.8 Å². The summed E-state index contributed by atoms with van der Waals surface area (Å²) in [6.45, 7) is 8.24. The van der Waals surface area contributed by atoms with Gasteiger partial charge in [-0.05, 0) is 56.2 Å². The molecule has 3 aromatic rings. The molecule has 0 bridgehead atoms. The Hall–Kier alpha value is -2.43. The molecule has 1 fully saturated rings. The Labute approximate surface area is 177 Å². The van der Waals surface area contributed by atoms with Crippen LogP contribution in [0.15, 0.2) is 48.5 Å². The summed E-state index contributed by atoms with van der Waals surface area (Å²) < 4.78 is 0. The lowest BCUT2D eigenvalue weighted by atomic mass is 10.1. The molecule has 0 atom stereocenters. The van der Waals surface area contributed by atoms with E-state index in [1.165, 1.54) is 11.1 Å². The van der Waals surface area contributed by atoms with Crippen molar-refractivity contribution in [2.75, 3.05) is 26.2 Å². The van der Waals surface area contributed by atoms with Gasteiger partial charge in [-0.3, -0.25) is 14.7 Å². The number of hydrogen-bond donors (Lipinski definition) is 0. The van der Waals surface area contributed by atoms with Crippen LogP contribution in [0, 0.1) is 13.8 Å². The van der Waals surface area contributed by atoms with Crippen molar-refractivity contribution in [3.05, 3.63) is 75.9 Å². The molecule has 1 aliphatic rings. The molecule has 2 heterocycles. The van der Waals surface area contributed by atoms with Crippen LogP contribution in [-0.4, -0.2) is 46.9 Å². The van der Waals surface area contributed by atoms with Crippen molar-refractivity contribution >= 4 is 28.4 Å². The smallest absolute Gasteiger partial charge is 0.255 e. The fourth-order valence-electron chi connectivity index (χ4n) is 3.96. The van der Waals surface area contributed by atoms with Gasteiger partial charge in [-0.2, -0.15) is 0 Å². The normalized spacial score (nSPS) is 15.5. The van der Waals surface area contributed by atoms with Crippen molar-refractivity contribution in [3.63, 3.8) is 0 Å². The van der Waals surface area contributed by atoms with Crippen LogP contribution in [-0.2, 0) is 6.54 Å². The second-order valence-corrected chi connectivity index (χ2v) is 8.30. The zero-order valence-electron chi connectivity index (χ0n) is 17.0. The van der Waals surface area contributed by atoms with Crippen molar-refractivity contribution in [1.29, 1.82) is 0 Å². The van der Waals surface area contributed by atoms with E-state index in [4.69, 9.17) is 11.6 Å². The van der Waals surface area contributed by atoms with E-state index in [-0.39, 0.29) is 5.91 Å². The maximum atomic E-state index is 13.3. The van der Waals surface area contributed by atoms with Gasteiger partial charge >= 0.3 is 0 Å². The predicted octanol–water partition coefficient (Wildman–Crippen LogP) is 4.85. The van der Waals surface area contributed by atoms with E-state index in [9.17, 15) is 4.79 Å². The van der Waals surface area contributed by atoms with Crippen LogP contribution in [0.4, 0.5) is 0 Å². The lowest BCUT2D eigenvalue weighted by molar-refractivity contribution is 0.0760. The van der Waals surface area contributed by atoms with Gasteiger partial charge < -0.3 is 4.90 Å². The molecule has 1 aromatic heterocycles. The summed E-state index contributed by atoms with van der Waals surface area (Å²) in [7, 11) is 0. The van der Waals surface area contributed by atoms with E-state index in [2.05, 4.69) is 41.1 Å². The van der Waals surface area contributed by atoms with Crippen LogP contribution >= 0.6 is 11.6 Å². The number of carbonyl (C=O) groups excluding carboxylic acids is 1. The fourth-order valence-corrected chi connectivity index (χ4v) is 4.09. The first-order valence-electron chi connectivity index (χ1n) is 10.1. The second-order valence-electron chi connectivity index (χ2n) is 7.87. The molecule has 0 radical (unpaired) electrons. The summed E-state index contributed by atoms with van der Waals surface area (Å²) in [6.07, 6.45) is 0.971. The maximum absolute atomic E-state index is 13.3.